The summed E-state index contributed by atoms with van der Waals surface area (Å²) in [5, 5.41) is 61.5. The molecule has 44 heavy (non-hydrogen) atoms. The fourth-order valence-corrected chi connectivity index (χ4v) is 5.21. The number of methoxy groups -OCH3 is 1. The van der Waals surface area contributed by atoms with E-state index in [1.807, 2.05) is 0 Å². The van der Waals surface area contributed by atoms with Crippen molar-refractivity contribution in [3.05, 3.63) is 46.5 Å². The first kappa shape index (κ1) is 33.0. The number of phenolic OH excluding ortho intramolecular Hbond substituents is 1. The number of carbonyl (C=O) groups excluding carboxylic acids is 2. The van der Waals surface area contributed by atoms with E-state index >= 15 is 0 Å². The Morgan fingerprint density at radius 1 is 1.02 bits per heavy atom. The molecule has 2 aromatic carbocycles. The van der Waals surface area contributed by atoms with Gasteiger partial charge in [0.25, 0.3) is 0 Å². The van der Waals surface area contributed by atoms with Crippen molar-refractivity contribution >= 4 is 17.7 Å². The number of ether oxygens (including phenoxy) is 5. The smallest absolute Gasteiger partial charge is 0.308 e. The van der Waals surface area contributed by atoms with Crippen LogP contribution < -0.4 is 14.2 Å². The largest absolute Gasteiger partial charge is 0.507 e. The Morgan fingerprint density at radius 3 is 2.30 bits per heavy atom. The summed E-state index contributed by atoms with van der Waals surface area (Å²) >= 11 is 0. The van der Waals surface area contributed by atoms with Crippen molar-refractivity contribution < 1.29 is 68.7 Å². The number of rotatable bonds is 10. The first-order valence-corrected chi connectivity index (χ1v) is 13.8. The lowest BCUT2D eigenvalue weighted by Gasteiger charge is -2.40. The number of carboxylic acid groups (broad SMARTS) is 1. The van der Waals surface area contributed by atoms with Gasteiger partial charge in [-0.05, 0) is 38.5 Å². The van der Waals surface area contributed by atoms with Crippen LogP contribution >= 0.6 is 0 Å². The first-order valence-electron chi connectivity index (χ1n) is 13.8. The van der Waals surface area contributed by atoms with E-state index in [0.717, 1.165) is 6.92 Å². The third-order valence-corrected chi connectivity index (χ3v) is 7.61. The predicted octanol–water partition coefficient (Wildman–Crippen LogP) is 1.07. The molecule has 0 bridgehead atoms. The van der Waals surface area contributed by atoms with E-state index in [-0.39, 0.29) is 34.8 Å². The zero-order valence-electron chi connectivity index (χ0n) is 24.6. The molecule has 2 aromatic rings. The molecule has 2 aliphatic heterocycles. The fourth-order valence-electron chi connectivity index (χ4n) is 5.21. The molecule has 1 saturated heterocycles. The predicted molar refractivity (Wildman–Crippen MR) is 149 cm³/mol. The van der Waals surface area contributed by atoms with Crippen LogP contribution in [0.4, 0.5) is 0 Å². The number of aliphatic hydroxyl groups excluding tert-OH is 3. The summed E-state index contributed by atoms with van der Waals surface area (Å²) in [5.74, 6) is -2.42. The minimum Gasteiger partial charge on any atom is -0.507 e. The highest BCUT2D eigenvalue weighted by Crippen LogP contribution is 2.48. The third-order valence-electron chi connectivity index (χ3n) is 7.61. The van der Waals surface area contributed by atoms with E-state index < -0.39 is 79.5 Å². The molecule has 0 aromatic heterocycles. The van der Waals surface area contributed by atoms with Crippen molar-refractivity contribution in [1.29, 1.82) is 0 Å². The van der Waals surface area contributed by atoms with Crippen molar-refractivity contribution in [2.75, 3.05) is 13.7 Å². The molecule has 0 amide bonds. The number of hydrogen-bond acceptors (Lipinski definition) is 13. The zero-order valence-corrected chi connectivity index (χ0v) is 24.6. The summed E-state index contributed by atoms with van der Waals surface area (Å²) in [6.45, 7) is 3.56. The van der Waals surface area contributed by atoms with Gasteiger partial charge >= 0.3 is 11.9 Å². The van der Waals surface area contributed by atoms with Gasteiger partial charge in [0.2, 0.25) is 6.29 Å². The van der Waals surface area contributed by atoms with Gasteiger partial charge in [-0.2, -0.15) is 0 Å². The van der Waals surface area contributed by atoms with Crippen LogP contribution in [0.3, 0.4) is 0 Å². The second-order valence-electron chi connectivity index (χ2n) is 11.2. The van der Waals surface area contributed by atoms with Gasteiger partial charge in [0.15, 0.2) is 5.78 Å². The maximum absolute atomic E-state index is 13.1. The number of fused-ring (bicyclic) bond motifs is 1. The number of aliphatic hydroxyl groups is 4. The Balaban J connectivity index is 1.54. The standard InChI is InChI=1S/C30H36O14/c1-13-23(35)22-17(31)9-18(15-5-7-16(40-4)8-6-15)42-28(22)14(2)27(13)44-29-26(38)25(37)24(36)19(43-29)12-41-21(34)11-30(3,39)10-20(32)33/h5-8,18-19,24-26,29,35-39H,9-12H2,1-4H3,(H,32,33)/t18-,19+,24+,25-,26+,29-,30-/m0/s1. The molecular formula is C30H36O14. The Bertz CT molecular complexity index is 1400. The van der Waals surface area contributed by atoms with Gasteiger partial charge in [-0.15, -0.1) is 0 Å². The molecule has 14 heteroatoms. The number of benzene rings is 2. The summed E-state index contributed by atoms with van der Waals surface area (Å²) in [7, 11) is 1.53. The summed E-state index contributed by atoms with van der Waals surface area (Å²) in [5.41, 5.74) is -0.809. The average Bonchev–Trinajstić information content (AvgIpc) is 2.96. The molecule has 0 saturated carbocycles. The van der Waals surface area contributed by atoms with E-state index in [0.29, 0.717) is 16.9 Å². The monoisotopic (exact) mass is 620 g/mol. The third kappa shape index (κ3) is 6.89. The summed E-state index contributed by atoms with van der Waals surface area (Å²) in [6.07, 6.45) is -10.5. The maximum Gasteiger partial charge on any atom is 0.308 e. The van der Waals surface area contributed by atoms with E-state index in [9.17, 15) is 39.9 Å². The Kier molecular flexibility index (Phi) is 9.71. The van der Waals surface area contributed by atoms with Crippen LogP contribution in [0.1, 0.15) is 59.3 Å². The first-order chi connectivity index (χ1) is 20.6. The van der Waals surface area contributed by atoms with Crippen molar-refractivity contribution in [3.8, 4) is 23.0 Å². The van der Waals surface area contributed by atoms with Crippen molar-refractivity contribution in [2.24, 2.45) is 0 Å². The van der Waals surface area contributed by atoms with Crippen LogP contribution in [0.25, 0.3) is 0 Å². The van der Waals surface area contributed by atoms with Gasteiger partial charge in [-0.25, -0.2) is 0 Å². The molecule has 0 unspecified atom stereocenters. The molecule has 4 rings (SSSR count). The number of hydrogen-bond donors (Lipinski definition) is 6. The summed E-state index contributed by atoms with van der Waals surface area (Å²) in [4.78, 5) is 36.3. The van der Waals surface area contributed by atoms with Gasteiger partial charge in [0.1, 0.15) is 65.7 Å². The topological polar surface area (TPSA) is 219 Å². The van der Waals surface area contributed by atoms with Gasteiger partial charge in [0.05, 0.1) is 32.0 Å². The minimum absolute atomic E-state index is 0.0162. The Hall–Kier alpha value is -3.95. The number of phenols is 1. The van der Waals surface area contributed by atoms with Crippen molar-refractivity contribution in [1.82, 2.24) is 0 Å². The molecule has 240 valence electrons. The van der Waals surface area contributed by atoms with Gasteiger partial charge in [-0.3, -0.25) is 14.4 Å². The van der Waals surface area contributed by atoms with Crippen molar-refractivity contribution in [2.45, 2.75) is 82.4 Å². The summed E-state index contributed by atoms with van der Waals surface area (Å²) in [6, 6.07) is 6.95. The Morgan fingerprint density at radius 2 is 1.68 bits per heavy atom. The number of aliphatic carboxylic acids is 1. The number of Topliss-reactive ketones (excluding diaryl/α,β-unsaturated/α-hetero) is 1. The molecule has 0 aliphatic carbocycles. The van der Waals surface area contributed by atoms with Crippen LogP contribution in [-0.4, -0.2) is 98.4 Å². The zero-order chi connectivity index (χ0) is 32.5. The van der Waals surface area contributed by atoms with E-state index in [2.05, 4.69) is 0 Å². The molecule has 0 spiro atoms. The highest BCUT2D eigenvalue weighted by atomic mass is 16.7. The molecule has 1 fully saturated rings. The van der Waals surface area contributed by atoms with Gasteiger partial charge < -0.3 is 54.3 Å². The molecule has 0 radical (unpaired) electrons. The van der Waals surface area contributed by atoms with E-state index in [1.165, 1.54) is 14.0 Å². The van der Waals surface area contributed by atoms with Crippen LogP contribution in [0, 0.1) is 13.8 Å². The number of aromatic hydroxyl groups is 1. The number of esters is 1. The van der Waals surface area contributed by atoms with Crippen LogP contribution in [0.2, 0.25) is 0 Å². The fraction of sp³-hybridized carbons (Fsp3) is 0.500. The molecule has 14 nitrogen and oxygen atoms in total. The second kappa shape index (κ2) is 13.0. The van der Waals surface area contributed by atoms with E-state index in [1.54, 1.807) is 31.2 Å². The number of carboxylic acids is 1. The molecular weight excluding hydrogens is 584 g/mol. The number of ketones is 1. The van der Waals surface area contributed by atoms with Crippen LogP contribution in [-0.2, 0) is 19.1 Å². The lowest BCUT2D eigenvalue weighted by molar-refractivity contribution is -0.279. The minimum atomic E-state index is -1.89. The number of carbonyl (C=O) groups is 3. The van der Waals surface area contributed by atoms with Gasteiger partial charge in [0, 0.05) is 11.1 Å². The van der Waals surface area contributed by atoms with Gasteiger partial charge in [-0.1, -0.05) is 12.1 Å². The molecule has 7 atom stereocenters. The molecule has 2 aliphatic rings. The maximum atomic E-state index is 13.1. The highest BCUT2D eigenvalue weighted by molar-refractivity contribution is 6.04. The van der Waals surface area contributed by atoms with Crippen LogP contribution in [0.5, 0.6) is 23.0 Å². The Labute approximate surface area is 252 Å². The lowest BCUT2D eigenvalue weighted by Crippen LogP contribution is -2.60. The SMILES string of the molecule is COc1ccc([C@@H]2CC(=O)c3c(O)c(C)c(O[C@@H]4O[C@H](COC(=O)C[C@@](C)(O)CC(=O)O)[C@@H](O)[C@H](O)[C@H]4O)c(C)c3O2)cc1. The molecule has 2 heterocycles. The summed E-state index contributed by atoms with van der Waals surface area (Å²) < 4.78 is 27.9. The average molecular weight is 621 g/mol. The normalized spacial score (nSPS) is 26.1. The second-order valence-corrected chi connectivity index (χ2v) is 11.2. The molecule has 6 N–H and O–H groups in total. The van der Waals surface area contributed by atoms with Crippen molar-refractivity contribution in [3.63, 3.8) is 0 Å². The highest BCUT2D eigenvalue weighted by Gasteiger charge is 2.46. The van der Waals surface area contributed by atoms with E-state index in [4.69, 9.17) is 28.8 Å². The lowest BCUT2D eigenvalue weighted by atomic mass is 9.91. The van der Waals surface area contributed by atoms with Crippen LogP contribution in [0.15, 0.2) is 24.3 Å². The quantitative estimate of drug-likeness (QED) is 0.205.